The van der Waals surface area contributed by atoms with Gasteiger partial charge in [-0.2, -0.15) is 11.8 Å². The lowest BCUT2D eigenvalue weighted by Gasteiger charge is -2.08. The molecule has 1 amide bonds. The van der Waals surface area contributed by atoms with Crippen LogP contribution < -0.4 is 10.1 Å². The van der Waals surface area contributed by atoms with E-state index in [-0.39, 0.29) is 5.91 Å². The van der Waals surface area contributed by atoms with Gasteiger partial charge in [-0.1, -0.05) is 35.9 Å². The summed E-state index contributed by atoms with van der Waals surface area (Å²) in [6.07, 6.45) is 1.18. The van der Waals surface area contributed by atoms with Crippen LogP contribution >= 0.6 is 23.4 Å². The van der Waals surface area contributed by atoms with Gasteiger partial charge in [0.05, 0.1) is 6.61 Å². The molecule has 0 saturated carbocycles. The van der Waals surface area contributed by atoms with E-state index in [1.165, 1.54) is 11.1 Å². The number of hydrogen-bond acceptors (Lipinski definition) is 3. The monoisotopic (exact) mass is 377 g/mol. The molecule has 0 aliphatic heterocycles. The Morgan fingerprint density at radius 2 is 1.92 bits per heavy atom. The van der Waals surface area contributed by atoms with Gasteiger partial charge < -0.3 is 10.1 Å². The van der Waals surface area contributed by atoms with Crippen molar-refractivity contribution in [3.05, 3.63) is 64.7 Å². The minimum absolute atomic E-state index is 0.0798. The van der Waals surface area contributed by atoms with E-state index < -0.39 is 0 Å². The van der Waals surface area contributed by atoms with E-state index in [4.69, 9.17) is 16.3 Å². The molecule has 0 radical (unpaired) electrons. The summed E-state index contributed by atoms with van der Waals surface area (Å²) in [5.41, 5.74) is 2.68. The Morgan fingerprint density at radius 3 is 2.68 bits per heavy atom. The molecule has 0 spiro atoms. The molecule has 2 aromatic rings. The quantitative estimate of drug-likeness (QED) is 0.601. The number of rotatable bonds is 10. The molecular formula is C20H24ClNO2S. The maximum Gasteiger partial charge on any atom is 0.220 e. The summed E-state index contributed by atoms with van der Waals surface area (Å²) in [4.78, 5) is 11.8. The van der Waals surface area contributed by atoms with Gasteiger partial charge in [0.15, 0.2) is 0 Å². The summed E-state index contributed by atoms with van der Waals surface area (Å²) < 4.78 is 5.57. The van der Waals surface area contributed by atoms with Gasteiger partial charge in [-0.05, 0) is 48.7 Å². The Kier molecular flexibility index (Phi) is 8.70. The van der Waals surface area contributed by atoms with E-state index in [0.717, 1.165) is 17.3 Å². The third kappa shape index (κ3) is 7.84. The van der Waals surface area contributed by atoms with Crippen molar-refractivity contribution in [1.82, 2.24) is 5.32 Å². The fourth-order valence-corrected chi connectivity index (χ4v) is 3.32. The minimum atomic E-state index is 0.0798. The highest BCUT2D eigenvalue weighted by Gasteiger charge is 2.02. The Bertz CT molecular complexity index is 661. The van der Waals surface area contributed by atoms with E-state index in [2.05, 4.69) is 36.5 Å². The number of aryl methyl sites for hydroxylation is 1. The van der Waals surface area contributed by atoms with E-state index >= 15 is 0 Å². The van der Waals surface area contributed by atoms with Crippen LogP contribution in [0.2, 0.25) is 5.02 Å². The molecule has 0 aromatic heterocycles. The molecule has 0 heterocycles. The largest absolute Gasteiger partial charge is 0.494 e. The molecule has 2 aromatic carbocycles. The first-order valence-electron chi connectivity index (χ1n) is 8.42. The second kappa shape index (κ2) is 11.1. The molecule has 0 aliphatic rings. The molecule has 0 bridgehead atoms. The van der Waals surface area contributed by atoms with E-state index in [9.17, 15) is 4.79 Å². The molecule has 5 heteroatoms. The first kappa shape index (κ1) is 19.7. The molecule has 25 heavy (non-hydrogen) atoms. The van der Waals surface area contributed by atoms with Gasteiger partial charge in [0.25, 0.3) is 0 Å². The highest BCUT2D eigenvalue weighted by atomic mass is 35.5. The fourth-order valence-electron chi connectivity index (χ4n) is 2.26. The van der Waals surface area contributed by atoms with Crippen molar-refractivity contribution in [3.63, 3.8) is 0 Å². The van der Waals surface area contributed by atoms with Gasteiger partial charge in [0.2, 0.25) is 5.91 Å². The Labute approximate surface area is 159 Å². The van der Waals surface area contributed by atoms with Crippen LogP contribution in [0, 0.1) is 6.92 Å². The SMILES string of the molecule is Cc1ccccc1CSCCNC(=O)CCCOc1ccc(Cl)cc1. The highest BCUT2D eigenvalue weighted by Crippen LogP contribution is 2.16. The Morgan fingerprint density at radius 1 is 1.16 bits per heavy atom. The van der Waals surface area contributed by atoms with Crippen molar-refractivity contribution in [1.29, 1.82) is 0 Å². The second-order valence-electron chi connectivity index (χ2n) is 5.73. The molecular weight excluding hydrogens is 354 g/mol. The van der Waals surface area contributed by atoms with E-state index in [1.807, 2.05) is 23.9 Å². The lowest BCUT2D eigenvalue weighted by molar-refractivity contribution is -0.121. The van der Waals surface area contributed by atoms with Crippen molar-refractivity contribution in [3.8, 4) is 5.75 Å². The Hall–Kier alpha value is -1.65. The van der Waals surface area contributed by atoms with E-state index in [0.29, 0.717) is 31.0 Å². The number of benzene rings is 2. The van der Waals surface area contributed by atoms with Crippen LogP contribution in [-0.4, -0.2) is 24.8 Å². The minimum Gasteiger partial charge on any atom is -0.494 e. The second-order valence-corrected chi connectivity index (χ2v) is 7.28. The molecule has 0 saturated heterocycles. The van der Waals surface area contributed by atoms with Crippen LogP contribution in [0.3, 0.4) is 0 Å². The molecule has 134 valence electrons. The summed E-state index contributed by atoms with van der Waals surface area (Å²) in [7, 11) is 0. The number of halogens is 1. The Balaban J connectivity index is 1.49. The number of ether oxygens (including phenoxy) is 1. The fraction of sp³-hybridized carbons (Fsp3) is 0.350. The lowest BCUT2D eigenvalue weighted by Crippen LogP contribution is -2.25. The van der Waals surface area contributed by atoms with Crippen molar-refractivity contribution >= 4 is 29.3 Å². The normalized spacial score (nSPS) is 10.5. The van der Waals surface area contributed by atoms with E-state index in [1.54, 1.807) is 12.1 Å². The predicted molar refractivity (Wildman–Crippen MR) is 107 cm³/mol. The molecule has 0 unspecified atom stereocenters. The summed E-state index contributed by atoms with van der Waals surface area (Å²) in [5.74, 6) is 2.76. The molecule has 2 rings (SSSR count). The standard InChI is InChI=1S/C20H24ClNO2S/c1-16-5-2-3-6-17(16)15-25-14-12-22-20(23)7-4-13-24-19-10-8-18(21)9-11-19/h2-3,5-6,8-11H,4,7,12-15H2,1H3,(H,22,23). The summed E-state index contributed by atoms with van der Waals surface area (Å²) in [6, 6.07) is 15.6. The van der Waals surface area contributed by atoms with Crippen LogP contribution in [-0.2, 0) is 10.5 Å². The van der Waals surface area contributed by atoms with Gasteiger partial charge in [0, 0.05) is 29.5 Å². The van der Waals surface area contributed by atoms with Crippen LogP contribution in [0.1, 0.15) is 24.0 Å². The molecule has 3 nitrogen and oxygen atoms in total. The smallest absolute Gasteiger partial charge is 0.220 e. The maximum absolute atomic E-state index is 11.8. The first-order chi connectivity index (χ1) is 12.1. The molecule has 1 N–H and O–H groups in total. The van der Waals surface area contributed by atoms with Gasteiger partial charge in [-0.15, -0.1) is 0 Å². The summed E-state index contributed by atoms with van der Waals surface area (Å²) >= 11 is 7.66. The maximum atomic E-state index is 11.8. The number of carbonyl (C=O) groups excluding carboxylic acids is 1. The van der Waals surface area contributed by atoms with Crippen LogP contribution in [0.15, 0.2) is 48.5 Å². The topological polar surface area (TPSA) is 38.3 Å². The van der Waals surface area contributed by atoms with Crippen LogP contribution in [0.25, 0.3) is 0 Å². The number of nitrogens with one attached hydrogen (secondary N) is 1. The first-order valence-corrected chi connectivity index (χ1v) is 9.96. The molecule has 0 fully saturated rings. The summed E-state index contributed by atoms with van der Waals surface area (Å²) in [5, 5.41) is 3.64. The van der Waals surface area contributed by atoms with Crippen molar-refractivity contribution in [2.24, 2.45) is 0 Å². The summed E-state index contributed by atoms with van der Waals surface area (Å²) in [6.45, 7) is 3.36. The van der Waals surface area contributed by atoms with Crippen molar-refractivity contribution < 1.29 is 9.53 Å². The predicted octanol–water partition coefficient (Wildman–Crippen LogP) is 4.86. The number of thioether (sulfide) groups is 1. The van der Waals surface area contributed by atoms with Gasteiger partial charge in [0.1, 0.15) is 5.75 Å². The molecule has 0 atom stereocenters. The van der Waals surface area contributed by atoms with Crippen LogP contribution in [0.5, 0.6) is 5.75 Å². The van der Waals surface area contributed by atoms with Crippen LogP contribution in [0.4, 0.5) is 0 Å². The third-order valence-electron chi connectivity index (χ3n) is 3.72. The number of hydrogen-bond donors (Lipinski definition) is 1. The zero-order chi connectivity index (χ0) is 17.9. The number of carbonyl (C=O) groups is 1. The average molecular weight is 378 g/mol. The highest BCUT2D eigenvalue weighted by molar-refractivity contribution is 7.98. The van der Waals surface area contributed by atoms with Crippen molar-refractivity contribution in [2.45, 2.75) is 25.5 Å². The zero-order valence-corrected chi connectivity index (χ0v) is 16.0. The zero-order valence-electron chi connectivity index (χ0n) is 14.5. The van der Waals surface area contributed by atoms with Gasteiger partial charge in [-0.3, -0.25) is 4.79 Å². The van der Waals surface area contributed by atoms with Gasteiger partial charge >= 0.3 is 0 Å². The average Bonchev–Trinajstić information content (AvgIpc) is 2.61. The third-order valence-corrected chi connectivity index (χ3v) is 4.98. The van der Waals surface area contributed by atoms with Gasteiger partial charge in [-0.25, -0.2) is 0 Å². The number of amides is 1. The molecule has 0 aliphatic carbocycles. The van der Waals surface area contributed by atoms with Crippen molar-refractivity contribution in [2.75, 3.05) is 18.9 Å². The lowest BCUT2D eigenvalue weighted by atomic mass is 10.1.